The molecule has 0 fully saturated rings. The van der Waals surface area contributed by atoms with Gasteiger partial charge in [-0.1, -0.05) is 23.2 Å². The zero-order valence-corrected chi connectivity index (χ0v) is 12.3. The first-order valence-corrected chi connectivity index (χ1v) is 6.71. The van der Waals surface area contributed by atoms with Crippen molar-refractivity contribution in [1.29, 1.82) is 0 Å². The molecule has 3 nitrogen and oxygen atoms in total. The Morgan fingerprint density at radius 2 is 2.00 bits per heavy atom. The fraction of sp³-hybridized carbons (Fsp3) is 0.286. The van der Waals surface area contributed by atoms with Gasteiger partial charge in [0.05, 0.1) is 23.9 Å². The van der Waals surface area contributed by atoms with Crippen LogP contribution in [0.3, 0.4) is 0 Å². The molecule has 0 radical (unpaired) electrons. The molecule has 0 amide bonds. The maximum Gasteiger partial charge on any atom is 0.139 e. The van der Waals surface area contributed by atoms with Gasteiger partial charge in [-0.3, -0.25) is 0 Å². The number of halogens is 2. The molecule has 0 aliphatic heterocycles. The largest absolute Gasteiger partial charge is 0.492 e. The van der Waals surface area contributed by atoms with Crippen LogP contribution in [0.15, 0.2) is 28.9 Å². The smallest absolute Gasteiger partial charge is 0.139 e. The zero-order chi connectivity index (χ0) is 14.0. The summed E-state index contributed by atoms with van der Waals surface area (Å²) in [5, 5.41) is 1.02. The lowest BCUT2D eigenvalue weighted by Crippen LogP contribution is -2.11. The Kier molecular flexibility index (Phi) is 4.40. The first-order valence-electron chi connectivity index (χ1n) is 5.95. The summed E-state index contributed by atoms with van der Waals surface area (Å²) in [6.07, 6.45) is 1.63. The van der Waals surface area contributed by atoms with Crippen LogP contribution in [-0.2, 0) is 0 Å². The molecule has 0 bridgehead atoms. The summed E-state index contributed by atoms with van der Waals surface area (Å²) in [6, 6.07) is 4.93. The maximum atomic E-state index is 6.24. The number of furan rings is 1. The van der Waals surface area contributed by atoms with Gasteiger partial charge in [-0.2, -0.15) is 0 Å². The van der Waals surface area contributed by atoms with E-state index in [0.717, 1.165) is 16.9 Å². The molecule has 102 valence electrons. The number of hydrogen-bond acceptors (Lipinski definition) is 3. The van der Waals surface area contributed by atoms with Crippen LogP contribution < -0.4 is 10.5 Å². The number of hydrogen-bond donors (Lipinski definition) is 1. The van der Waals surface area contributed by atoms with Gasteiger partial charge in [0.15, 0.2) is 0 Å². The number of benzene rings is 1. The van der Waals surface area contributed by atoms with Crippen molar-refractivity contribution < 1.29 is 9.15 Å². The van der Waals surface area contributed by atoms with Gasteiger partial charge < -0.3 is 14.9 Å². The SMILES string of the molecule is CCOc1cc(Cl)c(C(N)c2coc(C)c2)cc1Cl. The van der Waals surface area contributed by atoms with E-state index < -0.39 is 0 Å². The molecule has 0 spiro atoms. The predicted molar refractivity (Wildman–Crippen MR) is 77.1 cm³/mol. The van der Waals surface area contributed by atoms with Crippen LogP contribution in [0.5, 0.6) is 5.75 Å². The van der Waals surface area contributed by atoms with Crippen LogP contribution in [-0.4, -0.2) is 6.61 Å². The Morgan fingerprint density at radius 3 is 2.58 bits per heavy atom. The van der Waals surface area contributed by atoms with Crippen molar-refractivity contribution in [3.05, 3.63) is 51.4 Å². The molecule has 2 rings (SSSR count). The van der Waals surface area contributed by atoms with Crippen molar-refractivity contribution in [2.75, 3.05) is 6.61 Å². The van der Waals surface area contributed by atoms with Crippen LogP contribution in [0, 0.1) is 6.92 Å². The molecule has 0 aliphatic rings. The van der Waals surface area contributed by atoms with Gasteiger partial charge in [0, 0.05) is 16.7 Å². The predicted octanol–water partition coefficient (Wildman–Crippen LogP) is 4.34. The number of ether oxygens (including phenoxy) is 1. The van der Waals surface area contributed by atoms with E-state index in [2.05, 4.69) is 0 Å². The van der Waals surface area contributed by atoms with E-state index in [4.69, 9.17) is 38.1 Å². The van der Waals surface area contributed by atoms with Crippen molar-refractivity contribution in [2.45, 2.75) is 19.9 Å². The first-order chi connectivity index (χ1) is 9.02. The van der Waals surface area contributed by atoms with Crippen molar-refractivity contribution >= 4 is 23.2 Å². The normalized spacial score (nSPS) is 12.5. The molecule has 1 aromatic heterocycles. The van der Waals surface area contributed by atoms with Crippen LogP contribution >= 0.6 is 23.2 Å². The highest BCUT2D eigenvalue weighted by molar-refractivity contribution is 6.34. The summed E-state index contributed by atoms with van der Waals surface area (Å²) in [4.78, 5) is 0. The first kappa shape index (κ1) is 14.3. The molecule has 1 unspecified atom stereocenters. The lowest BCUT2D eigenvalue weighted by molar-refractivity contribution is 0.340. The summed E-state index contributed by atoms with van der Waals surface area (Å²) < 4.78 is 10.6. The summed E-state index contributed by atoms with van der Waals surface area (Å²) >= 11 is 12.4. The van der Waals surface area contributed by atoms with Gasteiger partial charge in [-0.15, -0.1) is 0 Å². The van der Waals surface area contributed by atoms with Crippen molar-refractivity contribution in [3.63, 3.8) is 0 Å². The maximum absolute atomic E-state index is 6.24. The Balaban J connectivity index is 2.37. The van der Waals surface area contributed by atoms with Crippen LogP contribution in [0.1, 0.15) is 29.9 Å². The molecule has 1 atom stereocenters. The second-order valence-corrected chi connectivity index (χ2v) is 5.02. The van der Waals surface area contributed by atoms with Crippen molar-refractivity contribution in [1.82, 2.24) is 0 Å². The van der Waals surface area contributed by atoms with E-state index >= 15 is 0 Å². The second kappa shape index (κ2) is 5.87. The Labute approximate surface area is 122 Å². The van der Waals surface area contributed by atoms with Gasteiger partial charge >= 0.3 is 0 Å². The standard InChI is InChI=1S/C14H15Cl2NO2/c1-3-18-13-6-11(15)10(5-12(13)16)14(17)9-4-8(2)19-7-9/h4-7,14H,3,17H2,1-2H3. The number of aryl methyl sites for hydroxylation is 1. The average Bonchev–Trinajstić information content (AvgIpc) is 2.79. The Bertz CT molecular complexity index is 581. The minimum absolute atomic E-state index is 0.377. The van der Waals surface area contributed by atoms with Gasteiger partial charge in [-0.05, 0) is 31.5 Å². The topological polar surface area (TPSA) is 48.4 Å². The number of nitrogens with two attached hydrogens (primary N) is 1. The third-order valence-electron chi connectivity index (χ3n) is 2.80. The van der Waals surface area contributed by atoms with E-state index in [0.29, 0.717) is 22.4 Å². The fourth-order valence-corrected chi connectivity index (χ4v) is 2.35. The quantitative estimate of drug-likeness (QED) is 0.913. The lowest BCUT2D eigenvalue weighted by Gasteiger charge is -2.14. The van der Waals surface area contributed by atoms with Gasteiger partial charge in [0.2, 0.25) is 0 Å². The van der Waals surface area contributed by atoms with Gasteiger partial charge in [0.25, 0.3) is 0 Å². The third kappa shape index (κ3) is 3.06. The second-order valence-electron chi connectivity index (χ2n) is 4.21. The molecule has 19 heavy (non-hydrogen) atoms. The Hall–Kier alpha value is -1.16. The van der Waals surface area contributed by atoms with Crippen molar-refractivity contribution in [3.8, 4) is 5.75 Å². The monoisotopic (exact) mass is 299 g/mol. The molecular weight excluding hydrogens is 285 g/mol. The highest BCUT2D eigenvalue weighted by Gasteiger charge is 2.17. The molecular formula is C14H15Cl2NO2. The summed E-state index contributed by atoms with van der Waals surface area (Å²) in [5.74, 6) is 1.37. The third-order valence-corrected chi connectivity index (χ3v) is 3.42. The summed E-state index contributed by atoms with van der Waals surface area (Å²) in [5.41, 5.74) is 7.79. The summed E-state index contributed by atoms with van der Waals surface area (Å²) in [7, 11) is 0. The van der Waals surface area contributed by atoms with Crippen LogP contribution in [0.2, 0.25) is 10.0 Å². The summed E-state index contributed by atoms with van der Waals surface area (Å²) in [6.45, 7) is 4.28. The molecule has 2 N–H and O–H groups in total. The highest BCUT2D eigenvalue weighted by atomic mass is 35.5. The van der Waals surface area contributed by atoms with E-state index in [1.165, 1.54) is 0 Å². The minimum Gasteiger partial charge on any atom is -0.492 e. The molecule has 0 saturated carbocycles. The fourth-order valence-electron chi connectivity index (χ4n) is 1.85. The van der Waals surface area contributed by atoms with E-state index in [1.807, 2.05) is 19.9 Å². The van der Waals surface area contributed by atoms with Crippen LogP contribution in [0.25, 0.3) is 0 Å². The molecule has 1 aromatic carbocycles. The molecule has 5 heteroatoms. The molecule has 0 aliphatic carbocycles. The van der Waals surface area contributed by atoms with Gasteiger partial charge in [-0.25, -0.2) is 0 Å². The molecule has 1 heterocycles. The Morgan fingerprint density at radius 1 is 1.26 bits per heavy atom. The zero-order valence-electron chi connectivity index (χ0n) is 10.7. The van der Waals surface area contributed by atoms with Gasteiger partial charge in [0.1, 0.15) is 11.5 Å². The molecule has 2 aromatic rings. The van der Waals surface area contributed by atoms with E-state index in [1.54, 1.807) is 18.4 Å². The van der Waals surface area contributed by atoms with Crippen molar-refractivity contribution in [2.24, 2.45) is 5.73 Å². The highest BCUT2D eigenvalue weighted by Crippen LogP contribution is 2.35. The average molecular weight is 300 g/mol. The van der Waals surface area contributed by atoms with E-state index in [9.17, 15) is 0 Å². The lowest BCUT2D eigenvalue weighted by atomic mass is 10.0. The van der Waals surface area contributed by atoms with E-state index in [-0.39, 0.29) is 6.04 Å². The molecule has 0 saturated heterocycles. The minimum atomic E-state index is -0.377. The number of rotatable bonds is 4. The van der Waals surface area contributed by atoms with Crippen LogP contribution in [0.4, 0.5) is 0 Å².